The van der Waals surface area contributed by atoms with Gasteiger partial charge in [-0.25, -0.2) is 9.97 Å². The van der Waals surface area contributed by atoms with Gasteiger partial charge in [0, 0.05) is 41.3 Å². The summed E-state index contributed by atoms with van der Waals surface area (Å²) in [4.78, 5) is 39.0. The van der Waals surface area contributed by atoms with Gasteiger partial charge >= 0.3 is 0 Å². The number of carbonyl (C=O) groups excluding carboxylic acids is 2. The largest absolute Gasteiger partial charge is 0.346 e. The Morgan fingerprint density at radius 2 is 2.06 bits per heavy atom. The summed E-state index contributed by atoms with van der Waals surface area (Å²) in [5, 5.41) is 4.26. The standard InChI is InChI=1S/C24H24ClN5O2/c1-24(2)13-16(7-10-30(24)23(32)15-5-8-26-19(25)11-15)18-12-20(29-22(31)14-3-4-14)28-21-17(18)6-9-27-21/h5-9,11-12,14H,3-4,10,13H2,1-2H3,(H2,27,28,29,31). The van der Waals surface area contributed by atoms with E-state index in [1.165, 1.54) is 0 Å². The zero-order chi connectivity index (χ0) is 22.5. The number of fused-ring (bicyclic) bond motifs is 1. The molecule has 0 bridgehead atoms. The third-order valence-corrected chi connectivity index (χ3v) is 6.37. The Kier molecular flexibility index (Phi) is 5.01. The summed E-state index contributed by atoms with van der Waals surface area (Å²) in [6, 6.07) is 7.22. The fraction of sp³-hybridized carbons (Fsp3) is 0.333. The SMILES string of the molecule is CC1(C)CC(c2cc(NC(=O)C3CC3)nc3[nH]ccc23)=CCN1C(=O)c1ccnc(Cl)c1. The summed E-state index contributed by atoms with van der Waals surface area (Å²) in [5.74, 6) is 0.609. The molecule has 2 aliphatic rings. The molecular weight excluding hydrogens is 426 g/mol. The molecule has 8 heteroatoms. The Hall–Kier alpha value is -3.19. The van der Waals surface area contributed by atoms with Crippen LogP contribution in [0.5, 0.6) is 0 Å². The number of aromatic nitrogens is 3. The highest BCUT2D eigenvalue weighted by molar-refractivity contribution is 6.29. The first-order valence-electron chi connectivity index (χ1n) is 10.7. The summed E-state index contributed by atoms with van der Waals surface area (Å²) in [6.45, 7) is 4.59. The first-order valence-corrected chi connectivity index (χ1v) is 11.1. The zero-order valence-electron chi connectivity index (χ0n) is 18.0. The Balaban J connectivity index is 1.47. The highest BCUT2D eigenvalue weighted by Crippen LogP contribution is 2.38. The third-order valence-electron chi connectivity index (χ3n) is 6.17. The van der Waals surface area contributed by atoms with Crippen molar-refractivity contribution in [2.75, 3.05) is 11.9 Å². The van der Waals surface area contributed by atoms with E-state index >= 15 is 0 Å². The van der Waals surface area contributed by atoms with Gasteiger partial charge in [0.1, 0.15) is 16.6 Å². The lowest BCUT2D eigenvalue weighted by Gasteiger charge is -2.42. The average molecular weight is 450 g/mol. The topological polar surface area (TPSA) is 91.0 Å². The Bertz CT molecular complexity index is 1260. The number of pyridine rings is 2. The van der Waals surface area contributed by atoms with E-state index in [0.29, 0.717) is 29.5 Å². The van der Waals surface area contributed by atoms with Gasteiger partial charge in [-0.15, -0.1) is 0 Å². The molecule has 4 heterocycles. The second kappa shape index (κ2) is 7.74. The molecule has 0 aromatic carbocycles. The lowest BCUT2D eigenvalue weighted by atomic mass is 9.84. The molecule has 0 radical (unpaired) electrons. The van der Waals surface area contributed by atoms with Crippen LogP contribution in [0.1, 0.15) is 49.0 Å². The number of halogens is 1. The van der Waals surface area contributed by atoms with Crippen molar-refractivity contribution < 1.29 is 9.59 Å². The predicted octanol–water partition coefficient (Wildman–Crippen LogP) is 4.67. The van der Waals surface area contributed by atoms with Crippen LogP contribution in [0.2, 0.25) is 5.15 Å². The van der Waals surface area contributed by atoms with Crippen LogP contribution in [0.25, 0.3) is 16.6 Å². The minimum absolute atomic E-state index is 0.0279. The molecule has 164 valence electrons. The molecule has 3 aromatic heterocycles. The van der Waals surface area contributed by atoms with E-state index in [2.05, 4.69) is 40.2 Å². The van der Waals surface area contributed by atoms with Crippen molar-refractivity contribution in [2.24, 2.45) is 5.92 Å². The van der Waals surface area contributed by atoms with Gasteiger partial charge in [-0.2, -0.15) is 0 Å². The smallest absolute Gasteiger partial charge is 0.254 e. The highest BCUT2D eigenvalue weighted by atomic mass is 35.5. The lowest BCUT2D eigenvalue weighted by molar-refractivity contribution is -0.117. The minimum Gasteiger partial charge on any atom is -0.346 e. The molecule has 1 aliphatic carbocycles. The summed E-state index contributed by atoms with van der Waals surface area (Å²) in [7, 11) is 0. The van der Waals surface area contributed by atoms with Gasteiger partial charge in [-0.1, -0.05) is 17.7 Å². The van der Waals surface area contributed by atoms with Crippen LogP contribution in [0.3, 0.4) is 0 Å². The number of carbonyl (C=O) groups is 2. The molecule has 0 atom stereocenters. The van der Waals surface area contributed by atoms with Crippen molar-refractivity contribution in [3.05, 3.63) is 59.0 Å². The second-order valence-corrected chi connectivity index (χ2v) is 9.45. The summed E-state index contributed by atoms with van der Waals surface area (Å²) >= 11 is 5.99. The van der Waals surface area contributed by atoms with Crippen molar-refractivity contribution in [2.45, 2.75) is 38.6 Å². The molecule has 2 amide bonds. The quantitative estimate of drug-likeness (QED) is 0.566. The van der Waals surface area contributed by atoms with E-state index in [-0.39, 0.29) is 17.7 Å². The van der Waals surface area contributed by atoms with Gasteiger partial charge in [0.15, 0.2) is 0 Å². The Morgan fingerprint density at radius 3 is 2.78 bits per heavy atom. The highest BCUT2D eigenvalue weighted by Gasteiger charge is 2.36. The summed E-state index contributed by atoms with van der Waals surface area (Å²) in [5.41, 5.74) is 2.99. The number of nitrogens with zero attached hydrogens (tertiary/aromatic N) is 3. The van der Waals surface area contributed by atoms with Crippen molar-refractivity contribution in [3.63, 3.8) is 0 Å². The molecule has 32 heavy (non-hydrogen) atoms. The molecule has 0 saturated heterocycles. The number of H-pyrrole nitrogens is 1. The van der Waals surface area contributed by atoms with Crippen LogP contribution in [0, 0.1) is 5.92 Å². The summed E-state index contributed by atoms with van der Waals surface area (Å²) < 4.78 is 0. The minimum atomic E-state index is -0.416. The summed E-state index contributed by atoms with van der Waals surface area (Å²) in [6.07, 6.45) is 8.03. The van der Waals surface area contributed by atoms with Gasteiger partial charge < -0.3 is 15.2 Å². The Morgan fingerprint density at radius 1 is 1.25 bits per heavy atom. The number of hydrogen-bond acceptors (Lipinski definition) is 4. The van der Waals surface area contributed by atoms with Crippen molar-refractivity contribution in [1.29, 1.82) is 0 Å². The van der Waals surface area contributed by atoms with E-state index in [1.54, 1.807) is 18.3 Å². The van der Waals surface area contributed by atoms with Gasteiger partial charge in [-0.3, -0.25) is 9.59 Å². The fourth-order valence-electron chi connectivity index (χ4n) is 4.28. The number of hydrogen-bond donors (Lipinski definition) is 2. The molecule has 1 aliphatic heterocycles. The predicted molar refractivity (Wildman–Crippen MR) is 124 cm³/mol. The van der Waals surface area contributed by atoms with Crippen LogP contribution >= 0.6 is 11.6 Å². The Labute approximate surface area is 190 Å². The molecule has 1 fully saturated rings. The van der Waals surface area contributed by atoms with Gasteiger partial charge in [0.25, 0.3) is 5.91 Å². The maximum atomic E-state index is 13.2. The normalized spacial score (nSPS) is 17.8. The first kappa shape index (κ1) is 20.7. The molecular formula is C24H24ClN5O2. The molecule has 1 saturated carbocycles. The maximum absolute atomic E-state index is 13.2. The van der Waals surface area contributed by atoms with E-state index in [9.17, 15) is 9.59 Å². The van der Waals surface area contributed by atoms with Crippen LogP contribution in [0.15, 0.2) is 42.7 Å². The number of anilines is 1. The third kappa shape index (κ3) is 3.88. The molecule has 0 spiro atoms. The molecule has 5 rings (SSSR count). The average Bonchev–Trinajstić information content (AvgIpc) is 3.50. The number of amides is 2. The van der Waals surface area contributed by atoms with Gasteiger partial charge in [0.05, 0.1) is 0 Å². The van der Waals surface area contributed by atoms with Gasteiger partial charge in [-0.05, 0) is 68.5 Å². The van der Waals surface area contributed by atoms with Crippen molar-refractivity contribution >= 4 is 45.8 Å². The van der Waals surface area contributed by atoms with Crippen LogP contribution in [0.4, 0.5) is 5.82 Å². The van der Waals surface area contributed by atoms with Crippen LogP contribution in [-0.4, -0.2) is 43.7 Å². The lowest BCUT2D eigenvalue weighted by Crippen LogP contribution is -2.50. The number of nitrogens with one attached hydrogen (secondary N) is 2. The molecule has 0 unspecified atom stereocenters. The molecule has 3 aromatic rings. The van der Waals surface area contributed by atoms with E-state index in [1.807, 2.05) is 23.2 Å². The fourth-order valence-corrected chi connectivity index (χ4v) is 4.45. The monoisotopic (exact) mass is 449 g/mol. The van der Waals surface area contributed by atoms with Crippen LogP contribution in [-0.2, 0) is 4.79 Å². The van der Waals surface area contributed by atoms with Crippen LogP contribution < -0.4 is 5.32 Å². The second-order valence-electron chi connectivity index (χ2n) is 9.06. The van der Waals surface area contributed by atoms with E-state index in [4.69, 9.17) is 11.6 Å². The number of aromatic amines is 1. The van der Waals surface area contributed by atoms with E-state index < -0.39 is 5.54 Å². The molecule has 7 nitrogen and oxygen atoms in total. The first-order chi connectivity index (χ1) is 15.3. The van der Waals surface area contributed by atoms with Gasteiger partial charge in [0.2, 0.25) is 5.91 Å². The maximum Gasteiger partial charge on any atom is 0.254 e. The van der Waals surface area contributed by atoms with E-state index in [0.717, 1.165) is 35.0 Å². The van der Waals surface area contributed by atoms with Crippen molar-refractivity contribution in [3.8, 4) is 0 Å². The zero-order valence-corrected chi connectivity index (χ0v) is 18.7. The van der Waals surface area contributed by atoms with Crippen molar-refractivity contribution in [1.82, 2.24) is 19.9 Å². The molecule has 2 N–H and O–H groups in total. The number of rotatable bonds is 4.